The number of nitrogens with zero attached hydrogens (tertiary/aromatic N) is 2. The Morgan fingerprint density at radius 1 is 1.20 bits per heavy atom. The monoisotopic (exact) mass is 384 g/mol. The lowest BCUT2D eigenvalue weighted by Gasteiger charge is -2.33. The minimum atomic E-state index is 0.0379. The molecule has 0 N–H and O–H groups in total. The SMILES string of the molecule is CCCCN(C)C(=O)C1CCN(C(=O)Cc2ccc(Cl)c(Cl)c2)CC1. The molecule has 0 atom stereocenters. The van der Waals surface area contributed by atoms with E-state index >= 15 is 0 Å². The number of carbonyl (C=O) groups excluding carboxylic acids is 2. The summed E-state index contributed by atoms with van der Waals surface area (Å²) in [5.74, 6) is 0.324. The molecule has 1 heterocycles. The molecular weight excluding hydrogens is 359 g/mol. The topological polar surface area (TPSA) is 40.6 Å². The van der Waals surface area contributed by atoms with Crippen molar-refractivity contribution in [2.45, 2.75) is 39.0 Å². The summed E-state index contributed by atoms with van der Waals surface area (Å²) in [5.41, 5.74) is 0.858. The van der Waals surface area contributed by atoms with Crippen LogP contribution in [-0.2, 0) is 16.0 Å². The first-order valence-corrected chi connectivity index (χ1v) is 9.64. The quantitative estimate of drug-likeness (QED) is 0.742. The molecule has 1 aromatic carbocycles. The zero-order chi connectivity index (χ0) is 18.4. The number of amides is 2. The molecule has 0 saturated carbocycles. The highest BCUT2D eigenvalue weighted by Crippen LogP contribution is 2.24. The molecule has 6 heteroatoms. The van der Waals surface area contributed by atoms with Crippen LogP contribution in [0.4, 0.5) is 0 Å². The van der Waals surface area contributed by atoms with Gasteiger partial charge in [-0.3, -0.25) is 9.59 Å². The van der Waals surface area contributed by atoms with Crippen LogP contribution in [0.15, 0.2) is 18.2 Å². The van der Waals surface area contributed by atoms with E-state index in [1.54, 1.807) is 12.1 Å². The molecule has 0 aromatic heterocycles. The van der Waals surface area contributed by atoms with Gasteiger partial charge in [0.1, 0.15) is 0 Å². The Hall–Kier alpha value is -1.26. The number of hydrogen-bond acceptors (Lipinski definition) is 2. The van der Waals surface area contributed by atoms with Crippen molar-refractivity contribution in [1.82, 2.24) is 9.80 Å². The average Bonchev–Trinajstić information content (AvgIpc) is 2.62. The van der Waals surface area contributed by atoms with Crippen LogP contribution in [0.2, 0.25) is 10.0 Å². The zero-order valence-corrected chi connectivity index (χ0v) is 16.4. The van der Waals surface area contributed by atoms with Gasteiger partial charge in [0.2, 0.25) is 11.8 Å². The van der Waals surface area contributed by atoms with Gasteiger partial charge in [0, 0.05) is 32.6 Å². The van der Waals surface area contributed by atoms with Crippen LogP contribution in [0.3, 0.4) is 0 Å². The maximum Gasteiger partial charge on any atom is 0.226 e. The van der Waals surface area contributed by atoms with Gasteiger partial charge >= 0.3 is 0 Å². The van der Waals surface area contributed by atoms with Crippen molar-refractivity contribution in [3.8, 4) is 0 Å². The van der Waals surface area contributed by atoms with Gasteiger partial charge in [-0.05, 0) is 37.0 Å². The standard InChI is InChI=1S/C19H26Cl2N2O2/c1-3-4-9-22(2)19(25)15-7-10-23(11-8-15)18(24)13-14-5-6-16(20)17(21)12-14/h5-6,12,15H,3-4,7-11,13H2,1-2H3. The largest absolute Gasteiger partial charge is 0.346 e. The van der Waals surface area contributed by atoms with Crippen LogP contribution < -0.4 is 0 Å². The summed E-state index contributed by atoms with van der Waals surface area (Å²) in [6.07, 6.45) is 3.90. The lowest BCUT2D eigenvalue weighted by Crippen LogP contribution is -2.44. The first-order valence-electron chi connectivity index (χ1n) is 8.89. The summed E-state index contributed by atoms with van der Waals surface area (Å²) >= 11 is 11.9. The average molecular weight is 385 g/mol. The Morgan fingerprint density at radius 3 is 2.48 bits per heavy atom. The van der Waals surface area contributed by atoms with Crippen molar-refractivity contribution < 1.29 is 9.59 Å². The molecule has 1 fully saturated rings. The molecule has 1 aliphatic rings. The number of carbonyl (C=O) groups is 2. The number of likely N-dealkylation sites (tertiary alicyclic amines) is 1. The normalized spacial score (nSPS) is 15.3. The van der Waals surface area contributed by atoms with E-state index < -0.39 is 0 Å². The van der Waals surface area contributed by atoms with E-state index in [1.165, 1.54) is 0 Å². The van der Waals surface area contributed by atoms with Crippen LogP contribution in [0, 0.1) is 5.92 Å². The van der Waals surface area contributed by atoms with Gasteiger partial charge in [0.05, 0.1) is 16.5 Å². The third-order valence-corrected chi connectivity index (χ3v) is 5.50. The fourth-order valence-electron chi connectivity index (χ4n) is 3.13. The number of benzene rings is 1. The van der Waals surface area contributed by atoms with Crippen molar-refractivity contribution in [3.63, 3.8) is 0 Å². The number of rotatable bonds is 6. The van der Waals surface area contributed by atoms with Crippen LogP contribution in [0.25, 0.3) is 0 Å². The van der Waals surface area contributed by atoms with Gasteiger partial charge in [-0.15, -0.1) is 0 Å². The molecule has 0 bridgehead atoms. The van der Waals surface area contributed by atoms with Crippen molar-refractivity contribution in [2.75, 3.05) is 26.7 Å². The zero-order valence-electron chi connectivity index (χ0n) is 14.9. The number of hydrogen-bond donors (Lipinski definition) is 0. The Morgan fingerprint density at radius 2 is 1.88 bits per heavy atom. The molecule has 0 unspecified atom stereocenters. The maximum atomic E-state index is 12.5. The van der Waals surface area contributed by atoms with Crippen molar-refractivity contribution >= 4 is 35.0 Å². The fourth-order valence-corrected chi connectivity index (χ4v) is 3.45. The second-order valence-electron chi connectivity index (χ2n) is 6.69. The van der Waals surface area contributed by atoms with Gasteiger partial charge in [-0.2, -0.15) is 0 Å². The molecule has 0 aliphatic carbocycles. The van der Waals surface area contributed by atoms with Crippen molar-refractivity contribution in [3.05, 3.63) is 33.8 Å². The van der Waals surface area contributed by atoms with Gasteiger partial charge in [-0.1, -0.05) is 42.6 Å². The van der Waals surface area contributed by atoms with E-state index in [0.717, 1.165) is 37.8 Å². The predicted molar refractivity (Wildman–Crippen MR) is 102 cm³/mol. The minimum absolute atomic E-state index is 0.0379. The highest BCUT2D eigenvalue weighted by Gasteiger charge is 2.28. The molecule has 1 aliphatic heterocycles. The Labute approximate surface area is 160 Å². The van der Waals surface area contributed by atoms with E-state index in [9.17, 15) is 9.59 Å². The van der Waals surface area contributed by atoms with Crippen molar-refractivity contribution in [2.24, 2.45) is 5.92 Å². The van der Waals surface area contributed by atoms with E-state index in [1.807, 2.05) is 22.9 Å². The summed E-state index contributed by atoms with van der Waals surface area (Å²) in [6, 6.07) is 5.27. The Bertz CT molecular complexity index is 613. The van der Waals surface area contributed by atoms with Crippen LogP contribution >= 0.6 is 23.2 Å². The third-order valence-electron chi connectivity index (χ3n) is 4.76. The van der Waals surface area contributed by atoms with Gasteiger partial charge in [0.15, 0.2) is 0 Å². The molecular formula is C19H26Cl2N2O2. The van der Waals surface area contributed by atoms with E-state index in [2.05, 4.69) is 6.92 Å². The van der Waals surface area contributed by atoms with Crippen LogP contribution in [-0.4, -0.2) is 48.3 Å². The highest BCUT2D eigenvalue weighted by molar-refractivity contribution is 6.42. The highest BCUT2D eigenvalue weighted by atomic mass is 35.5. The number of piperidine rings is 1. The molecule has 4 nitrogen and oxygen atoms in total. The lowest BCUT2D eigenvalue weighted by atomic mass is 9.95. The van der Waals surface area contributed by atoms with E-state index in [-0.39, 0.29) is 17.7 Å². The first-order chi connectivity index (χ1) is 11.9. The molecule has 25 heavy (non-hydrogen) atoms. The smallest absolute Gasteiger partial charge is 0.226 e. The van der Waals surface area contributed by atoms with Crippen molar-refractivity contribution in [1.29, 1.82) is 0 Å². The van der Waals surface area contributed by atoms with Gasteiger partial charge in [0.25, 0.3) is 0 Å². The maximum absolute atomic E-state index is 12.5. The second kappa shape index (κ2) is 9.44. The molecule has 0 radical (unpaired) electrons. The summed E-state index contributed by atoms with van der Waals surface area (Å²) in [4.78, 5) is 28.6. The Kier molecular flexibility index (Phi) is 7.57. The lowest BCUT2D eigenvalue weighted by molar-refractivity contribution is -0.139. The summed E-state index contributed by atoms with van der Waals surface area (Å²) in [5, 5.41) is 0.954. The third kappa shape index (κ3) is 5.61. The first kappa shape index (κ1) is 20.1. The fraction of sp³-hybridized carbons (Fsp3) is 0.579. The van der Waals surface area contributed by atoms with Gasteiger partial charge < -0.3 is 9.80 Å². The minimum Gasteiger partial charge on any atom is -0.346 e. The molecule has 1 saturated heterocycles. The summed E-state index contributed by atoms with van der Waals surface area (Å²) < 4.78 is 0. The summed E-state index contributed by atoms with van der Waals surface area (Å²) in [6.45, 7) is 4.21. The molecule has 1 aromatic rings. The second-order valence-corrected chi connectivity index (χ2v) is 7.51. The number of unbranched alkanes of at least 4 members (excludes halogenated alkanes) is 1. The number of halogens is 2. The summed E-state index contributed by atoms with van der Waals surface area (Å²) in [7, 11) is 1.87. The van der Waals surface area contributed by atoms with Crippen LogP contribution in [0.1, 0.15) is 38.2 Å². The van der Waals surface area contributed by atoms with Gasteiger partial charge in [-0.25, -0.2) is 0 Å². The molecule has 138 valence electrons. The Balaban J connectivity index is 1.83. The van der Waals surface area contributed by atoms with Crippen LogP contribution in [0.5, 0.6) is 0 Å². The van der Waals surface area contributed by atoms with E-state index in [0.29, 0.717) is 29.6 Å². The molecule has 0 spiro atoms. The molecule has 2 rings (SSSR count). The van der Waals surface area contributed by atoms with E-state index in [4.69, 9.17) is 23.2 Å². The molecule has 2 amide bonds. The predicted octanol–water partition coefficient (Wildman–Crippen LogP) is 4.03.